The van der Waals surface area contributed by atoms with E-state index in [-0.39, 0.29) is 12.4 Å². The van der Waals surface area contributed by atoms with Gasteiger partial charge in [0.15, 0.2) is 5.69 Å². The number of aromatic nitrogens is 3. The Bertz CT molecular complexity index is 1860. The number of esters is 1. The maximum atomic E-state index is 13.8. The average Bonchev–Trinajstić information content (AvgIpc) is 3.41. The molecule has 3 aromatic carbocycles. The van der Waals surface area contributed by atoms with Crippen molar-refractivity contribution in [3.05, 3.63) is 87.9 Å². The quantitative estimate of drug-likeness (QED) is 0.133. The number of ether oxygens (including phenoxy) is 2. The number of hydrogen-bond acceptors (Lipinski definition) is 5. The highest BCUT2D eigenvalue weighted by Crippen LogP contribution is 2.44. The Balaban J connectivity index is 1.56. The molecule has 0 spiro atoms. The van der Waals surface area contributed by atoms with Gasteiger partial charge in [-0.15, -0.1) is 0 Å². The summed E-state index contributed by atoms with van der Waals surface area (Å²) in [4.78, 5) is 16.8. The van der Waals surface area contributed by atoms with Gasteiger partial charge >= 0.3 is 5.97 Å². The molecule has 0 radical (unpaired) electrons. The van der Waals surface area contributed by atoms with Gasteiger partial charge in [-0.3, -0.25) is 4.68 Å². The number of methoxy groups -OCH3 is 1. The number of nitrogens with zero attached hydrogens (tertiary/aromatic N) is 4. The summed E-state index contributed by atoms with van der Waals surface area (Å²) in [5.41, 5.74) is 5.83. The number of hydrogen-bond donors (Lipinski definition) is 1. The Morgan fingerprint density at radius 2 is 1.90 bits per heavy atom. The fourth-order valence-electron chi connectivity index (χ4n) is 5.65. The molecule has 8 nitrogen and oxygen atoms in total. The van der Waals surface area contributed by atoms with Crippen molar-refractivity contribution in [2.45, 2.75) is 40.3 Å². The van der Waals surface area contributed by atoms with Crippen LogP contribution in [-0.4, -0.2) is 39.1 Å². The molecular formula is C32H31FN4O4. The van der Waals surface area contributed by atoms with Gasteiger partial charge in [-0.25, -0.2) is 14.0 Å². The zero-order valence-electron chi connectivity index (χ0n) is 23.7. The second-order valence-electron chi connectivity index (χ2n) is 10.1. The van der Waals surface area contributed by atoms with Gasteiger partial charge in [0.25, 0.3) is 0 Å². The number of aryl methyl sites for hydroxylation is 4. The van der Waals surface area contributed by atoms with Gasteiger partial charge in [0.05, 0.1) is 32.6 Å². The lowest BCUT2D eigenvalue weighted by Crippen LogP contribution is -2.13. The van der Waals surface area contributed by atoms with E-state index in [1.165, 1.54) is 19.2 Å². The lowest BCUT2D eigenvalue weighted by molar-refractivity contribution is 0.0587. The normalized spacial score (nSPS) is 11.3. The molecule has 9 heteroatoms. The average molecular weight is 555 g/mol. The van der Waals surface area contributed by atoms with E-state index < -0.39 is 5.97 Å². The molecule has 0 atom stereocenters. The summed E-state index contributed by atoms with van der Waals surface area (Å²) in [6.07, 6.45) is 0.567. The smallest absolute Gasteiger partial charge is 0.354 e. The SMILES string of the molecule is [C-]#[N+]c1ccc2c(c(C)c(C(=O)OC)n2CCCOc2cc(C)cc3cc(F)ccc23)c1-c1c(CO)nn(C)c1C. The minimum absolute atomic E-state index is 0.286. The fourth-order valence-corrected chi connectivity index (χ4v) is 5.65. The minimum atomic E-state index is -0.480. The van der Waals surface area contributed by atoms with E-state index in [0.717, 1.165) is 32.9 Å². The summed E-state index contributed by atoms with van der Waals surface area (Å²) in [6.45, 7) is 14.1. The molecule has 0 amide bonds. The highest BCUT2D eigenvalue weighted by atomic mass is 19.1. The van der Waals surface area contributed by atoms with Crippen LogP contribution in [-0.2, 0) is 24.9 Å². The Labute approximate surface area is 237 Å². The van der Waals surface area contributed by atoms with Crippen molar-refractivity contribution in [2.24, 2.45) is 7.05 Å². The molecule has 0 saturated heterocycles. The lowest BCUT2D eigenvalue weighted by Gasteiger charge is -2.13. The summed E-state index contributed by atoms with van der Waals surface area (Å²) < 4.78 is 28.7. The molecule has 41 heavy (non-hydrogen) atoms. The number of aliphatic hydroxyl groups is 1. The first-order chi connectivity index (χ1) is 19.7. The molecule has 2 heterocycles. The maximum Gasteiger partial charge on any atom is 0.354 e. The molecule has 0 fully saturated rings. The van der Waals surface area contributed by atoms with Gasteiger partial charge in [0.2, 0.25) is 0 Å². The van der Waals surface area contributed by atoms with E-state index in [4.69, 9.17) is 16.0 Å². The highest BCUT2D eigenvalue weighted by Gasteiger charge is 2.27. The molecule has 2 aromatic heterocycles. The standard InChI is InChI=1S/C32H31FN4O4/c1-18-14-21-16-22(33)8-9-23(21)27(15-18)41-13-7-12-37-26-11-10-24(34-4)30(28(26)19(2)31(37)32(39)40-6)29-20(3)36(5)35-25(29)17-38/h8-11,14-16,38H,7,12-13,17H2,1-3,5-6H3. The number of benzene rings is 3. The molecule has 5 aromatic rings. The van der Waals surface area contributed by atoms with Crippen molar-refractivity contribution in [1.29, 1.82) is 0 Å². The van der Waals surface area contributed by atoms with Crippen LogP contribution in [0.5, 0.6) is 5.75 Å². The Morgan fingerprint density at radius 1 is 1.12 bits per heavy atom. The van der Waals surface area contributed by atoms with Gasteiger partial charge < -0.3 is 19.1 Å². The van der Waals surface area contributed by atoms with E-state index >= 15 is 0 Å². The third-order valence-corrected chi connectivity index (χ3v) is 7.56. The number of carbonyl (C=O) groups is 1. The first-order valence-electron chi connectivity index (χ1n) is 13.3. The fraction of sp³-hybridized carbons (Fsp3) is 0.281. The number of fused-ring (bicyclic) bond motifs is 2. The van der Waals surface area contributed by atoms with Crippen molar-refractivity contribution in [2.75, 3.05) is 13.7 Å². The van der Waals surface area contributed by atoms with E-state index in [9.17, 15) is 14.3 Å². The van der Waals surface area contributed by atoms with E-state index in [1.54, 1.807) is 23.9 Å². The third kappa shape index (κ3) is 4.81. The predicted molar refractivity (Wildman–Crippen MR) is 156 cm³/mol. The summed E-state index contributed by atoms with van der Waals surface area (Å²) in [6, 6.07) is 12.1. The second-order valence-corrected chi connectivity index (χ2v) is 10.1. The molecule has 1 N–H and O–H groups in total. The number of carbonyl (C=O) groups excluding carboxylic acids is 1. The molecule has 0 saturated carbocycles. The van der Waals surface area contributed by atoms with E-state index in [0.29, 0.717) is 59.1 Å². The van der Waals surface area contributed by atoms with Crippen LogP contribution in [0, 0.1) is 33.2 Å². The Kier molecular flexibility index (Phi) is 7.52. The summed E-state index contributed by atoms with van der Waals surface area (Å²) >= 11 is 0. The first-order valence-corrected chi connectivity index (χ1v) is 13.3. The molecule has 0 aliphatic heterocycles. The molecule has 5 rings (SSSR count). The van der Waals surface area contributed by atoms with Crippen LogP contribution in [0.3, 0.4) is 0 Å². The van der Waals surface area contributed by atoms with Crippen molar-refractivity contribution < 1.29 is 23.8 Å². The van der Waals surface area contributed by atoms with E-state index in [2.05, 4.69) is 9.94 Å². The van der Waals surface area contributed by atoms with Gasteiger partial charge in [0.1, 0.15) is 17.3 Å². The van der Waals surface area contributed by atoms with Gasteiger partial charge in [-0.1, -0.05) is 12.1 Å². The molecule has 0 aliphatic carbocycles. The number of halogens is 1. The van der Waals surface area contributed by atoms with Gasteiger partial charge in [-0.2, -0.15) is 5.10 Å². The summed E-state index contributed by atoms with van der Waals surface area (Å²) in [5, 5.41) is 16.9. The van der Waals surface area contributed by atoms with Crippen molar-refractivity contribution in [3.63, 3.8) is 0 Å². The molecule has 0 unspecified atom stereocenters. The third-order valence-electron chi connectivity index (χ3n) is 7.56. The van der Waals surface area contributed by atoms with Crippen LogP contribution in [0.4, 0.5) is 10.1 Å². The van der Waals surface area contributed by atoms with Gasteiger partial charge in [-0.05, 0) is 74.0 Å². The zero-order valence-corrected chi connectivity index (χ0v) is 23.7. The molecular weight excluding hydrogens is 523 g/mol. The molecule has 210 valence electrons. The van der Waals surface area contributed by atoms with Crippen molar-refractivity contribution >= 4 is 33.3 Å². The monoisotopic (exact) mass is 554 g/mol. The lowest BCUT2D eigenvalue weighted by atomic mass is 9.95. The number of aliphatic hydroxyl groups excluding tert-OH is 1. The minimum Gasteiger partial charge on any atom is -0.493 e. The predicted octanol–water partition coefficient (Wildman–Crippen LogP) is 6.56. The topological polar surface area (TPSA) is 82.9 Å². The maximum absolute atomic E-state index is 13.8. The van der Waals surface area contributed by atoms with Crippen molar-refractivity contribution in [3.8, 4) is 16.9 Å². The highest BCUT2D eigenvalue weighted by molar-refractivity contribution is 6.09. The van der Waals surface area contributed by atoms with Crippen LogP contribution in [0.1, 0.15) is 39.4 Å². The van der Waals surface area contributed by atoms with E-state index in [1.807, 2.05) is 43.5 Å². The van der Waals surface area contributed by atoms with Crippen LogP contribution < -0.4 is 4.74 Å². The Hall–Kier alpha value is -4.68. The molecule has 0 aliphatic rings. The zero-order chi connectivity index (χ0) is 29.4. The van der Waals surface area contributed by atoms with Crippen LogP contribution in [0.15, 0.2) is 42.5 Å². The first kappa shape index (κ1) is 27.9. The van der Waals surface area contributed by atoms with Gasteiger partial charge in [0, 0.05) is 46.7 Å². The number of rotatable bonds is 8. The second kappa shape index (κ2) is 11.1. The Morgan fingerprint density at radius 3 is 2.61 bits per heavy atom. The summed E-state index contributed by atoms with van der Waals surface area (Å²) in [7, 11) is 3.14. The van der Waals surface area contributed by atoms with Crippen LogP contribution in [0.2, 0.25) is 0 Å². The largest absolute Gasteiger partial charge is 0.493 e. The summed E-state index contributed by atoms with van der Waals surface area (Å²) in [5.74, 6) is -0.103. The van der Waals surface area contributed by atoms with Crippen LogP contribution >= 0.6 is 0 Å². The van der Waals surface area contributed by atoms with Crippen molar-refractivity contribution in [1.82, 2.24) is 14.3 Å². The molecule has 0 bridgehead atoms. The van der Waals surface area contributed by atoms with Crippen LogP contribution in [0.25, 0.3) is 37.6 Å².